The predicted octanol–water partition coefficient (Wildman–Crippen LogP) is 2.35. The molecule has 32 heavy (non-hydrogen) atoms. The second-order valence-electron chi connectivity index (χ2n) is 8.78. The molecule has 1 amide bonds. The second kappa shape index (κ2) is 8.70. The van der Waals surface area contributed by atoms with Crippen molar-refractivity contribution in [2.75, 3.05) is 26.7 Å². The van der Waals surface area contributed by atoms with E-state index < -0.39 is 0 Å². The molecule has 0 aliphatic carbocycles. The van der Waals surface area contributed by atoms with Crippen LogP contribution in [0.4, 0.5) is 0 Å². The van der Waals surface area contributed by atoms with Gasteiger partial charge in [-0.05, 0) is 49.2 Å². The van der Waals surface area contributed by atoms with Crippen LogP contribution >= 0.6 is 0 Å². The number of hydrogen-bond acceptors (Lipinski definition) is 6. The summed E-state index contributed by atoms with van der Waals surface area (Å²) in [5.74, 6) is 1.13. The summed E-state index contributed by atoms with van der Waals surface area (Å²) in [6, 6.07) is 12.2. The van der Waals surface area contributed by atoms with Gasteiger partial charge in [0.2, 0.25) is 5.91 Å². The normalized spacial score (nSPS) is 21.0. The van der Waals surface area contributed by atoms with Crippen LogP contribution in [0.3, 0.4) is 0 Å². The van der Waals surface area contributed by atoms with E-state index in [1.807, 2.05) is 29.2 Å². The molecule has 3 aromatic rings. The van der Waals surface area contributed by atoms with Crippen LogP contribution in [-0.2, 0) is 24.4 Å². The molecule has 0 radical (unpaired) electrons. The average molecular weight is 433 g/mol. The fraction of sp³-hybridized carbons (Fsp3) is 0.417. The number of hydrogen-bond donors (Lipinski definition) is 0. The molecule has 2 saturated heterocycles. The van der Waals surface area contributed by atoms with Crippen LogP contribution in [0, 0.1) is 5.41 Å². The molecule has 0 saturated carbocycles. The first-order chi connectivity index (χ1) is 15.6. The summed E-state index contributed by atoms with van der Waals surface area (Å²) < 4.78 is 7.33. The fourth-order valence-electron chi connectivity index (χ4n) is 5.00. The number of amides is 1. The quantitative estimate of drug-likeness (QED) is 0.571. The van der Waals surface area contributed by atoms with E-state index in [0.29, 0.717) is 13.1 Å². The molecule has 166 valence electrons. The van der Waals surface area contributed by atoms with Crippen molar-refractivity contribution in [2.45, 2.75) is 32.5 Å². The lowest BCUT2D eigenvalue weighted by Crippen LogP contribution is -2.36. The van der Waals surface area contributed by atoms with Crippen molar-refractivity contribution >= 4 is 5.91 Å². The number of nitrogens with zero attached hydrogens (tertiary/aromatic N) is 6. The summed E-state index contributed by atoms with van der Waals surface area (Å²) in [6.07, 6.45) is 6.88. The zero-order valence-electron chi connectivity index (χ0n) is 18.4. The molecule has 2 aliphatic heterocycles. The van der Waals surface area contributed by atoms with Crippen LogP contribution in [0.25, 0.3) is 0 Å². The molecule has 1 atom stereocenters. The molecule has 0 N–H and O–H groups in total. The van der Waals surface area contributed by atoms with Crippen LogP contribution in [0.15, 0.2) is 55.2 Å². The van der Waals surface area contributed by atoms with Gasteiger partial charge in [-0.2, -0.15) is 5.10 Å². The van der Waals surface area contributed by atoms with Crippen LogP contribution in [0.1, 0.15) is 29.7 Å². The van der Waals surface area contributed by atoms with Crippen molar-refractivity contribution in [2.24, 2.45) is 5.41 Å². The van der Waals surface area contributed by atoms with Crippen molar-refractivity contribution in [3.63, 3.8) is 0 Å². The van der Waals surface area contributed by atoms with Gasteiger partial charge in [0.1, 0.15) is 18.4 Å². The maximum Gasteiger partial charge on any atom is 0.230 e. The monoisotopic (exact) mass is 432 g/mol. The largest absolute Gasteiger partial charge is 0.496 e. The Morgan fingerprint density at radius 1 is 1.09 bits per heavy atom. The maximum atomic E-state index is 13.3. The van der Waals surface area contributed by atoms with E-state index in [1.54, 1.807) is 24.3 Å². The van der Waals surface area contributed by atoms with Gasteiger partial charge in [0.15, 0.2) is 0 Å². The molecule has 4 heterocycles. The number of ether oxygens (including phenoxy) is 1. The molecular formula is C24H28N6O2. The number of carbonyl (C=O) groups is 1. The van der Waals surface area contributed by atoms with Gasteiger partial charge in [-0.3, -0.25) is 14.7 Å². The smallest absolute Gasteiger partial charge is 0.230 e. The Bertz CT molecular complexity index is 1070. The third-order valence-electron chi connectivity index (χ3n) is 6.66. The van der Waals surface area contributed by atoms with E-state index in [2.05, 4.69) is 32.1 Å². The molecule has 1 spiro atoms. The Morgan fingerprint density at radius 2 is 2.00 bits per heavy atom. The SMILES string of the molecule is COc1ccc(CN2CCC3(CCN(Cc4ccccn4)C3=O)C2)cc1Cn1cncn1. The molecule has 1 unspecified atom stereocenters. The first-order valence-corrected chi connectivity index (χ1v) is 11.1. The molecule has 2 fully saturated rings. The van der Waals surface area contributed by atoms with Crippen LogP contribution < -0.4 is 4.74 Å². The number of methoxy groups -OCH3 is 1. The topological polar surface area (TPSA) is 76.4 Å². The number of pyridine rings is 1. The van der Waals surface area contributed by atoms with Gasteiger partial charge < -0.3 is 9.64 Å². The van der Waals surface area contributed by atoms with E-state index in [9.17, 15) is 4.79 Å². The van der Waals surface area contributed by atoms with Crippen molar-refractivity contribution < 1.29 is 9.53 Å². The van der Waals surface area contributed by atoms with Gasteiger partial charge >= 0.3 is 0 Å². The van der Waals surface area contributed by atoms with E-state index >= 15 is 0 Å². The highest BCUT2D eigenvalue weighted by atomic mass is 16.5. The minimum Gasteiger partial charge on any atom is -0.496 e. The van der Waals surface area contributed by atoms with E-state index in [-0.39, 0.29) is 11.3 Å². The highest BCUT2D eigenvalue weighted by Crippen LogP contribution is 2.41. The number of benzene rings is 1. The Kier molecular flexibility index (Phi) is 5.61. The molecule has 2 aromatic heterocycles. The van der Waals surface area contributed by atoms with Crippen molar-refractivity contribution in [3.05, 3.63) is 72.1 Å². The molecule has 5 rings (SSSR count). The Hall–Kier alpha value is -3.26. The molecule has 1 aromatic carbocycles. The highest BCUT2D eigenvalue weighted by molar-refractivity contribution is 5.85. The van der Waals surface area contributed by atoms with Gasteiger partial charge in [0, 0.05) is 31.4 Å². The number of rotatable bonds is 7. The van der Waals surface area contributed by atoms with Crippen molar-refractivity contribution in [1.82, 2.24) is 29.5 Å². The standard InChI is InChI=1S/C24H28N6O2/c1-32-22-6-5-19(12-20(22)14-30-18-25-17-27-30)13-28-10-7-24(16-28)8-11-29(23(24)31)15-21-4-2-3-9-26-21/h2-6,9,12,17-18H,7-8,10-11,13-16H2,1H3. The van der Waals surface area contributed by atoms with E-state index in [1.165, 1.54) is 11.9 Å². The summed E-state index contributed by atoms with van der Waals surface area (Å²) in [7, 11) is 1.69. The maximum absolute atomic E-state index is 13.3. The van der Waals surface area contributed by atoms with Gasteiger partial charge in [-0.1, -0.05) is 12.1 Å². The molecule has 8 nitrogen and oxygen atoms in total. The number of aromatic nitrogens is 4. The third-order valence-corrected chi connectivity index (χ3v) is 6.66. The zero-order valence-corrected chi connectivity index (χ0v) is 18.4. The lowest BCUT2D eigenvalue weighted by atomic mass is 9.85. The second-order valence-corrected chi connectivity index (χ2v) is 8.78. The molecular weight excluding hydrogens is 404 g/mol. The Morgan fingerprint density at radius 3 is 2.78 bits per heavy atom. The Labute approximate surface area is 187 Å². The molecule has 8 heteroatoms. The zero-order chi connectivity index (χ0) is 22.0. The summed E-state index contributed by atoms with van der Waals surface area (Å²) in [4.78, 5) is 26.1. The summed E-state index contributed by atoms with van der Waals surface area (Å²) in [5.41, 5.74) is 2.99. The summed E-state index contributed by atoms with van der Waals surface area (Å²) >= 11 is 0. The van der Waals surface area contributed by atoms with Gasteiger partial charge in [0.05, 0.1) is 31.3 Å². The van der Waals surface area contributed by atoms with Crippen molar-refractivity contribution in [1.29, 1.82) is 0 Å². The van der Waals surface area contributed by atoms with Crippen molar-refractivity contribution in [3.8, 4) is 5.75 Å². The van der Waals surface area contributed by atoms with Crippen LogP contribution in [-0.4, -0.2) is 62.2 Å². The first-order valence-electron chi connectivity index (χ1n) is 11.1. The predicted molar refractivity (Wildman–Crippen MR) is 119 cm³/mol. The number of carbonyl (C=O) groups excluding carboxylic acids is 1. The lowest BCUT2D eigenvalue weighted by molar-refractivity contribution is -0.136. The average Bonchev–Trinajstić information content (AvgIpc) is 3.54. The molecule has 2 aliphatic rings. The summed E-state index contributed by atoms with van der Waals surface area (Å²) in [6.45, 7) is 4.60. The lowest BCUT2D eigenvalue weighted by Gasteiger charge is -2.24. The van der Waals surface area contributed by atoms with Gasteiger partial charge in [-0.15, -0.1) is 0 Å². The summed E-state index contributed by atoms with van der Waals surface area (Å²) in [5, 5.41) is 4.21. The van der Waals surface area contributed by atoms with Gasteiger partial charge in [0.25, 0.3) is 0 Å². The van der Waals surface area contributed by atoms with Crippen LogP contribution in [0.5, 0.6) is 5.75 Å². The minimum absolute atomic E-state index is 0.245. The Balaban J connectivity index is 1.25. The fourth-order valence-corrected chi connectivity index (χ4v) is 5.00. The van der Waals surface area contributed by atoms with E-state index in [4.69, 9.17) is 4.74 Å². The molecule has 0 bridgehead atoms. The van der Waals surface area contributed by atoms with E-state index in [0.717, 1.165) is 56.0 Å². The van der Waals surface area contributed by atoms with Gasteiger partial charge in [-0.25, -0.2) is 9.67 Å². The minimum atomic E-state index is -0.245. The number of likely N-dealkylation sites (tertiary alicyclic amines) is 2. The highest BCUT2D eigenvalue weighted by Gasteiger charge is 2.50. The first kappa shape index (κ1) is 20.6. The third kappa shape index (κ3) is 4.10. The van der Waals surface area contributed by atoms with Crippen LogP contribution in [0.2, 0.25) is 0 Å².